The van der Waals surface area contributed by atoms with Gasteiger partial charge in [-0.2, -0.15) is 0 Å². The lowest BCUT2D eigenvalue weighted by Gasteiger charge is -2.25. The van der Waals surface area contributed by atoms with Crippen molar-refractivity contribution >= 4 is 46.8 Å². The van der Waals surface area contributed by atoms with E-state index in [-0.39, 0.29) is 32.6 Å². The molecule has 1 heterocycles. The maximum absolute atomic E-state index is 12.5. The fraction of sp³-hybridized carbons (Fsp3) is 0.167. The minimum atomic E-state index is -0.825. The van der Waals surface area contributed by atoms with Crippen molar-refractivity contribution < 1.29 is 28.6 Å². The molecule has 0 atom stereocenters. The van der Waals surface area contributed by atoms with E-state index in [0.29, 0.717) is 0 Å². The lowest BCUT2D eigenvalue weighted by atomic mass is 10.1. The fourth-order valence-electron chi connectivity index (χ4n) is 2.36. The van der Waals surface area contributed by atoms with Crippen LogP contribution in [0, 0.1) is 0 Å². The highest BCUT2D eigenvalue weighted by Gasteiger charge is 2.30. The number of methoxy groups -OCH3 is 3. The van der Waals surface area contributed by atoms with Crippen molar-refractivity contribution in [1.82, 2.24) is 0 Å². The van der Waals surface area contributed by atoms with E-state index in [9.17, 15) is 14.4 Å². The first-order chi connectivity index (χ1) is 12.8. The number of benzene rings is 1. The minimum absolute atomic E-state index is 0.0315. The van der Waals surface area contributed by atoms with E-state index >= 15 is 0 Å². The van der Waals surface area contributed by atoms with Crippen LogP contribution in [0.3, 0.4) is 0 Å². The van der Waals surface area contributed by atoms with Gasteiger partial charge in [-0.1, -0.05) is 29.3 Å². The van der Waals surface area contributed by atoms with Gasteiger partial charge in [-0.05, 0) is 24.3 Å². The molecule has 142 valence electrons. The first-order valence-corrected chi connectivity index (χ1v) is 8.23. The second kappa shape index (κ2) is 8.75. The van der Waals surface area contributed by atoms with Gasteiger partial charge in [0.15, 0.2) is 0 Å². The molecule has 0 saturated carbocycles. The molecule has 0 radical (unpaired) electrons. The second-order valence-corrected chi connectivity index (χ2v) is 5.91. The summed E-state index contributed by atoms with van der Waals surface area (Å²) in [5.41, 5.74) is -0.0452. The van der Waals surface area contributed by atoms with E-state index in [0.717, 1.165) is 7.11 Å². The number of rotatable bonds is 4. The molecule has 27 heavy (non-hydrogen) atoms. The van der Waals surface area contributed by atoms with Crippen molar-refractivity contribution in [3.63, 3.8) is 0 Å². The van der Waals surface area contributed by atoms with Gasteiger partial charge in [-0.15, -0.1) is 0 Å². The predicted octanol–water partition coefficient (Wildman–Crippen LogP) is 3.27. The van der Waals surface area contributed by atoms with Crippen LogP contribution in [0.5, 0.6) is 0 Å². The standard InChI is InChI=1S/C18H15Cl2NO6/c1-25-16(22)10-6-4-5-7-21(15(10)18(24)27-3)14-9-13(20)12(19)8-11(14)17(23)26-2/h4-9H,1-3H3. The molecular formula is C18H15Cl2NO6. The summed E-state index contributed by atoms with van der Waals surface area (Å²) in [4.78, 5) is 38.2. The normalized spacial score (nSPS) is 13.3. The van der Waals surface area contributed by atoms with Crippen LogP contribution < -0.4 is 4.90 Å². The highest BCUT2D eigenvalue weighted by molar-refractivity contribution is 6.42. The summed E-state index contributed by atoms with van der Waals surface area (Å²) in [6.07, 6.45) is 5.95. The Bertz CT molecular complexity index is 888. The van der Waals surface area contributed by atoms with Crippen molar-refractivity contribution in [1.29, 1.82) is 0 Å². The van der Waals surface area contributed by atoms with Crippen molar-refractivity contribution in [3.8, 4) is 0 Å². The average Bonchev–Trinajstić information content (AvgIpc) is 2.90. The second-order valence-electron chi connectivity index (χ2n) is 5.09. The summed E-state index contributed by atoms with van der Waals surface area (Å²) in [6, 6.07) is 2.69. The molecule has 0 bridgehead atoms. The molecule has 0 aromatic heterocycles. The maximum Gasteiger partial charge on any atom is 0.355 e. The van der Waals surface area contributed by atoms with Crippen LogP contribution in [0.15, 0.2) is 47.8 Å². The number of nitrogens with zero attached hydrogens (tertiary/aromatic N) is 1. The quantitative estimate of drug-likeness (QED) is 0.555. The summed E-state index contributed by atoms with van der Waals surface area (Å²) in [5.74, 6) is -2.30. The van der Waals surface area contributed by atoms with Crippen molar-refractivity contribution in [2.24, 2.45) is 0 Å². The SMILES string of the molecule is COC(=O)C1=C(C(=O)OC)N(c2cc(Cl)c(Cl)cc2C(=O)OC)C=CC=C1. The van der Waals surface area contributed by atoms with Crippen LogP contribution in [0.25, 0.3) is 0 Å². The Balaban J connectivity index is 2.82. The number of hydrogen-bond donors (Lipinski definition) is 0. The molecule has 1 aromatic rings. The lowest BCUT2D eigenvalue weighted by Crippen LogP contribution is -2.28. The van der Waals surface area contributed by atoms with Gasteiger partial charge in [0.05, 0.1) is 48.2 Å². The van der Waals surface area contributed by atoms with E-state index in [1.165, 1.54) is 49.6 Å². The molecule has 1 aliphatic heterocycles. The lowest BCUT2D eigenvalue weighted by molar-refractivity contribution is -0.139. The Kier molecular flexibility index (Phi) is 6.65. The van der Waals surface area contributed by atoms with Gasteiger partial charge < -0.3 is 19.1 Å². The third-order valence-corrected chi connectivity index (χ3v) is 4.31. The molecule has 7 nitrogen and oxygen atoms in total. The molecule has 0 fully saturated rings. The fourth-order valence-corrected chi connectivity index (χ4v) is 2.68. The molecule has 0 aliphatic carbocycles. The van der Waals surface area contributed by atoms with Crippen LogP contribution >= 0.6 is 23.2 Å². The van der Waals surface area contributed by atoms with Crippen LogP contribution in [0.4, 0.5) is 5.69 Å². The summed E-state index contributed by atoms with van der Waals surface area (Å²) >= 11 is 12.1. The van der Waals surface area contributed by atoms with Crippen molar-refractivity contribution in [2.45, 2.75) is 0 Å². The molecule has 0 spiro atoms. The van der Waals surface area contributed by atoms with Gasteiger partial charge >= 0.3 is 17.9 Å². The van der Waals surface area contributed by atoms with Gasteiger partial charge in [0.25, 0.3) is 0 Å². The average molecular weight is 412 g/mol. The number of esters is 3. The minimum Gasteiger partial charge on any atom is -0.465 e. The van der Waals surface area contributed by atoms with Crippen molar-refractivity contribution in [2.75, 3.05) is 26.2 Å². The Morgan fingerprint density at radius 1 is 0.852 bits per heavy atom. The zero-order valence-electron chi connectivity index (χ0n) is 14.6. The molecule has 0 saturated heterocycles. The van der Waals surface area contributed by atoms with Gasteiger partial charge in [-0.25, -0.2) is 14.4 Å². The van der Waals surface area contributed by atoms with Crippen LogP contribution in [0.2, 0.25) is 10.0 Å². The van der Waals surface area contributed by atoms with Crippen LogP contribution in [-0.2, 0) is 23.8 Å². The molecular weight excluding hydrogens is 397 g/mol. The van der Waals surface area contributed by atoms with Crippen molar-refractivity contribution in [3.05, 3.63) is 63.4 Å². The highest BCUT2D eigenvalue weighted by Crippen LogP contribution is 2.35. The number of halogens is 2. The molecule has 0 unspecified atom stereocenters. The Hall–Kier alpha value is -2.77. The van der Waals surface area contributed by atoms with Crippen LogP contribution in [-0.4, -0.2) is 39.2 Å². The maximum atomic E-state index is 12.5. The monoisotopic (exact) mass is 411 g/mol. The van der Waals surface area contributed by atoms with E-state index in [1.54, 1.807) is 6.08 Å². The third kappa shape index (κ3) is 4.15. The third-order valence-electron chi connectivity index (χ3n) is 3.59. The number of anilines is 1. The topological polar surface area (TPSA) is 82.1 Å². The number of carbonyl (C=O) groups is 3. The largest absolute Gasteiger partial charge is 0.465 e. The molecule has 1 aromatic carbocycles. The number of ether oxygens (including phenoxy) is 3. The smallest absolute Gasteiger partial charge is 0.355 e. The molecule has 9 heteroatoms. The van der Waals surface area contributed by atoms with Gasteiger partial charge in [0, 0.05) is 6.20 Å². The Morgan fingerprint density at radius 3 is 2.04 bits per heavy atom. The van der Waals surface area contributed by atoms with E-state index in [1.807, 2.05) is 0 Å². The molecule has 1 aliphatic rings. The number of carbonyl (C=O) groups excluding carboxylic acids is 3. The van der Waals surface area contributed by atoms with Gasteiger partial charge in [-0.3, -0.25) is 0 Å². The van der Waals surface area contributed by atoms with Crippen LogP contribution in [0.1, 0.15) is 10.4 Å². The Morgan fingerprint density at radius 2 is 1.44 bits per heavy atom. The summed E-state index contributed by atoms with van der Waals surface area (Å²) in [7, 11) is 3.54. The van der Waals surface area contributed by atoms with E-state index in [4.69, 9.17) is 37.4 Å². The van der Waals surface area contributed by atoms with E-state index in [2.05, 4.69) is 0 Å². The highest BCUT2D eigenvalue weighted by atomic mass is 35.5. The molecule has 2 rings (SSSR count). The predicted molar refractivity (Wildman–Crippen MR) is 99.6 cm³/mol. The zero-order valence-corrected chi connectivity index (χ0v) is 16.1. The Labute approximate surface area is 165 Å². The summed E-state index contributed by atoms with van der Waals surface area (Å²) in [6.45, 7) is 0. The summed E-state index contributed by atoms with van der Waals surface area (Å²) in [5, 5.41) is 0.253. The first-order valence-electron chi connectivity index (χ1n) is 7.48. The zero-order chi connectivity index (χ0) is 20.1. The number of allylic oxidation sites excluding steroid dienone is 2. The van der Waals surface area contributed by atoms with Gasteiger partial charge in [0.2, 0.25) is 0 Å². The number of hydrogen-bond acceptors (Lipinski definition) is 7. The van der Waals surface area contributed by atoms with E-state index < -0.39 is 17.9 Å². The molecule has 0 amide bonds. The van der Waals surface area contributed by atoms with Gasteiger partial charge in [0.1, 0.15) is 5.70 Å². The summed E-state index contributed by atoms with van der Waals surface area (Å²) < 4.78 is 14.3. The molecule has 0 N–H and O–H groups in total. The first kappa shape index (κ1) is 20.5.